The molecule has 7 nitrogen and oxygen atoms in total. The molecule has 2 rings (SSSR count). The summed E-state index contributed by atoms with van der Waals surface area (Å²) in [5.41, 5.74) is 0.865. The van der Waals surface area contributed by atoms with Crippen LogP contribution in [0.15, 0.2) is 24.3 Å². The molecule has 0 fully saturated rings. The van der Waals surface area contributed by atoms with Crippen LogP contribution < -0.4 is 15.4 Å². The highest BCUT2D eigenvalue weighted by molar-refractivity contribution is 7.18. The van der Waals surface area contributed by atoms with Crippen molar-refractivity contribution in [3.8, 4) is 16.3 Å². The van der Waals surface area contributed by atoms with Crippen molar-refractivity contribution in [2.75, 3.05) is 12.4 Å². The Kier molecular flexibility index (Phi) is 8.38. The number of methoxy groups -OCH3 is 1. The van der Waals surface area contributed by atoms with Crippen LogP contribution >= 0.6 is 11.3 Å². The van der Waals surface area contributed by atoms with Crippen molar-refractivity contribution in [1.29, 1.82) is 0 Å². The van der Waals surface area contributed by atoms with Crippen molar-refractivity contribution in [3.63, 3.8) is 0 Å². The Morgan fingerprint density at radius 2 is 2.04 bits per heavy atom. The lowest BCUT2D eigenvalue weighted by Gasteiger charge is -2.22. The molecular formula is C20H28N4O3S. The van der Waals surface area contributed by atoms with E-state index in [1.54, 1.807) is 7.11 Å². The van der Waals surface area contributed by atoms with E-state index in [2.05, 4.69) is 20.8 Å². The minimum absolute atomic E-state index is 0.0105. The molecule has 0 unspecified atom stereocenters. The van der Waals surface area contributed by atoms with E-state index >= 15 is 0 Å². The molecule has 2 aromatic rings. The molecule has 2 N–H and O–H groups in total. The van der Waals surface area contributed by atoms with Gasteiger partial charge < -0.3 is 10.1 Å². The van der Waals surface area contributed by atoms with Crippen LogP contribution in [-0.4, -0.2) is 35.2 Å². The van der Waals surface area contributed by atoms with E-state index < -0.39 is 6.04 Å². The zero-order chi connectivity index (χ0) is 20.5. The van der Waals surface area contributed by atoms with Gasteiger partial charge in [-0.2, -0.15) is 0 Å². The highest BCUT2D eigenvalue weighted by Crippen LogP contribution is 2.29. The predicted molar refractivity (Wildman–Crippen MR) is 111 cm³/mol. The smallest absolute Gasteiger partial charge is 0.249 e. The molecule has 8 heteroatoms. The molecule has 0 aliphatic heterocycles. The van der Waals surface area contributed by atoms with Gasteiger partial charge in [-0.25, -0.2) is 0 Å². The Morgan fingerprint density at radius 3 is 2.71 bits per heavy atom. The van der Waals surface area contributed by atoms with E-state index in [1.807, 2.05) is 45.0 Å². The highest BCUT2D eigenvalue weighted by Gasteiger charge is 2.26. The molecule has 0 bridgehead atoms. The first kappa shape index (κ1) is 21.8. The molecule has 1 aromatic carbocycles. The topological polar surface area (TPSA) is 93.2 Å². The summed E-state index contributed by atoms with van der Waals surface area (Å²) < 4.78 is 5.23. The maximum atomic E-state index is 12.8. The average Bonchev–Trinajstić information content (AvgIpc) is 3.18. The Hall–Kier alpha value is -2.48. The van der Waals surface area contributed by atoms with E-state index in [4.69, 9.17) is 4.74 Å². The third-order valence-corrected chi connectivity index (χ3v) is 5.43. The van der Waals surface area contributed by atoms with Gasteiger partial charge in [-0.3, -0.25) is 14.9 Å². The molecule has 28 heavy (non-hydrogen) atoms. The third-order valence-electron chi connectivity index (χ3n) is 4.54. The van der Waals surface area contributed by atoms with Gasteiger partial charge in [0, 0.05) is 12.0 Å². The Bertz CT molecular complexity index is 793. The van der Waals surface area contributed by atoms with Crippen molar-refractivity contribution >= 4 is 28.3 Å². The van der Waals surface area contributed by atoms with Gasteiger partial charge in [0.2, 0.25) is 16.9 Å². The number of carbonyl (C=O) groups excluding carboxylic acids is 2. The Balaban J connectivity index is 2.08. The molecular weight excluding hydrogens is 376 g/mol. The summed E-state index contributed by atoms with van der Waals surface area (Å²) in [6.45, 7) is 5.97. The van der Waals surface area contributed by atoms with E-state index in [-0.39, 0.29) is 17.7 Å². The summed E-state index contributed by atoms with van der Waals surface area (Å²) in [6.07, 6.45) is 2.94. The maximum Gasteiger partial charge on any atom is 0.249 e. The molecule has 0 radical (unpaired) electrons. The molecule has 2 amide bonds. The number of nitrogens with one attached hydrogen (secondary N) is 2. The molecule has 1 heterocycles. The molecule has 152 valence electrons. The van der Waals surface area contributed by atoms with Gasteiger partial charge in [-0.05, 0) is 24.5 Å². The van der Waals surface area contributed by atoms with Gasteiger partial charge in [0.25, 0.3) is 0 Å². The number of anilines is 1. The lowest BCUT2D eigenvalue weighted by atomic mass is 9.98. The number of nitrogens with zero attached hydrogens (tertiary/aromatic N) is 2. The van der Waals surface area contributed by atoms with E-state index in [0.29, 0.717) is 16.6 Å². The SMILES string of the molecule is CCCCC(=O)N[C@H](C(=O)Nc1nnc(-c2cccc(OC)c2)s1)[C@@H](C)CC. The number of unbranched alkanes of at least 4 members (excludes halogenated alkanes) is 1. The average molecular weight is 405 g/mol. The van der Waals surface area contributed by atoms with Crippen LogP contribution in [0.2, 0.25) is 0 Å². The molecule has 0 saturated carbocycles. The number of ether oxygens (including phenoxy) is 1. The first-order chi connectivity index (χ1) is 13.5. The lowest BCUT2D eigenvalue weighted by molar-refractivity contribution is -0.127. The number of hydrogen-bond acceptors (Lipinski definition) is 6. The first-order valence-corrected chi connectivity index (χ1v) is 10.4. The molecule has 2 atom stereocenters. The second-order valence-electron chi connectivity index (χ2n) is 6.67. The quantitative estimate of drug-likeness (QED) is 0.627. The van der Waals surface area contributed by atoms with E-state index in [9.17, 15) is 9.59 Å². The van der Waals surface area contributed by atoms with Crippen LogP contribution in [0.25, 0.3) is 10.6 Å². The summed E-state index contributed by atoms with van der Waals surface area (Å²) in [5, 5.41) is 15.0. The fourth-order valence-electron chi connectivity index (χ4n) is 2.61. The maximum absolute atomic E-state index is 12.8. The predicted octanol–water partition coefficient (Wildman–Crippen LogP) is 3.87. The summed E-state index contributed by atoms with van der Waals surface area (Å²) >= 11 is 1.28. The van der Waals surface area contributed by atoms with Crippen LogP contribution in [0.4, 0.5) is 5.13 Å². The molecule has 0 aliphatic carbocycles. The zero-order valence-electron chi connectivity index (χ0n) is 16.8. The third kappa shape index (κ3) is 6.02. The zero-order valence-corrected chi connectivity index (χ0v) is 17.6. The monoisotopic (exact) mass is 404 g/mol. The normalized spacial score (nSPS) is 12.9. The summed E-state index contributed by atoms with van der Waals surface area (Å²) in [5.74, 6) is 0.366. The fraction of sp³-hybridized carbons (Fsp3) is 0.500. The van der Waals surface area contributed by atoms with Gasteiger partial charge in [-0.15, -0.1) is 10.2 Å². The number of benzene rings is 1. The summed E-state index contributed by atoms with van der Waals surface area (Å²) in [7, 11) is 1.61. The summed E-state index contributed by atoms with van der Waals surface area (Å²) in [4.78, 5) is 24.9. The van der Waals surface area contributed by atoms with E-state index in [1.165, 1.54) is 11.3 Å². The van der Waals surface area contributed by atoms with Crippen molar-refractivity contribution in [2.24, 2.45) is 5.92 Å². The second kappa shape index (κ2) is 10.8. The van der Waals surface area contributed by atoms with Crippen molar-refractivity contribution in [2.45, 2.75) is 52.5 Å². The number of aromatic nitrogens is 2. The Labute approximate surface area is 169 Å². The minimum atomic E-state index is -0.599. The fourth-order valence-corrected chi connectivity index (χ4v) is 3.36. The van der Waals surface area contributed by atoms with Crippen LogP contribution in [0.1, 0.15) is 46.5 Å². The van der Waals surface area contributed by atoms with Crippen LogP contribution in [0.3, 0.4) is 0 Å². The van der Waals surface area contributed by atoms with Gasteiger partial charge in [0.15, 0.2) is 0 Å². The van der Waals surface area contributed by atoms with Crippen molar-refractivity contribution < 1.29 is 14.3 Å². The lowest BCUT2D eigenvalue weighted by Crippen LogP contribution is -2.47. The second-order valence-corrected chi connectivity index (χ2v) is 7.65. The standard InChI is InChI=1S/C20H28N4O3S/c1-5-7-11-16(25)21-17(13(3)6-2)18(26)22-20-24-23-19(28-20)14-9-8-10-15(12-14)27-4/h8-10,12-13,17H,5-7,11H2,1-4H3,(H,21,25)(H,22,24,26)/t13-,17-/m0/s1. The number of hydrogen-bond donors (Lipinski definition) is 2. The van der Waals surface area contributed by atoms with Gasteiger partial charge in [0.05, 0.1) is 7.11 Å². The summed E-state index contributed by atoms with van der Waals surface area (Å²) in [6, 6.07) is 6.90. The van der Waals surface area contributed by atoms with Crippen molar-refractivity contribution in [3.05, 3.63) is 24.3 Å². The number of amides is 2. The van der Waals surface area contributed by atoms with Crippen LogP contribution in [0, 0.1) is 5.92 Å². The van der Waals surface area contributed by atoms with Crippen LogP contribution in [-0.2, 0) is 9.59 Å². The first-order valence-electron chi connectivity index (χ1n) is 9.56. The van der Waals surface area contributed by atoms with Crippen LogP contribution in [0.5, 0.6) is 5.75 Å². The largest absolute Gasteiger partial charge is 0.497 e. The van der Waals surface area contributed by atoms with Gasteiger partial charge in [-0.1, -0.05) is 57.1 Å². The van der Waals surface area contributed by atoms with E-state index in [0.717, 1.165) is 30.6 Å². The molecule has 0 aliphatic rings. The Morgan fingerprint density at radius 1 is 1.25 bits per heavy atom. The minimum Gasteiger partial charge on any atom is -0.497 e. The van der Waals surface area contributed by atoms with Gasteiger partial charge >= 0.3 is 0 Å². The number of rotatable bonds is 10. The van der Waals surface area contributed by atoms with Gasteiger partial charge in [0.1, 0.15) is 16.8 Å². The highest BCUT2D eigenvalue weighted by atomic mass is 32.1. The van der Waals surface area contributed by atoms with Crippen molar-refractivity contribution in [1.82, 2.24) is 15.5 Å². The molecule has 0 spiro atoms. The molecule has 0 saturated heterocycles. The molecule has 1 aromatic heterocycles. The number of carbonyl (C=O) groups is 2.